The molecule has 150 valence electrons. The summed E-state index contributed by atoms with van der Waals surface area (Å²) in [5, 5.41) is 1.16. The molecule has 1 aliphatic carbocycles. The normalized spacial score (nSPS) is 19.4. The molecule has 1 saturated carbocycles. The molecule has 1 fully saturated rings. The smallest absolute Gasteiger partial charge is 0.232 e. The van der Waals surface area contributed by atoms with E-state index < -0.39 is 0 Å². The minimum absolute atomic E-state index is 0.228. The van der Waals surface area contributed by atoms with Gasteiger partial charge < -0.3 is 4.90 Å². The third kappa shape index (κ3) is 6.28. The summed E-state index contributed by atoms with van der Waals surface area (Å²) in [5.41, 5.74) is 2.39. The lowest BCUT2D eigenvalue weighted by atomic mass is 10.00. The Hall–Kier alpha value is -1.46. The third-order valence-corrected chi connectivity index (χ3v) is 8.45. The van der Waals surface area contributed by atoms with Gasteiger partial charge in [-0.05, 0) is 43.5 Å². The average molecular weight is 415 g/mol. The Kier molecular flexibility index (Phi) is 8.28. The van der Waals surface area contributed by atoms with Gasteiger partial charge >= 0.3 is 0 Å². The van der Waals surface area contributed by atoms with Crippen LogP contribution in [0.15, 0.2) is 53.6 Å². The number of carbonyl (C=O) groups excluding carboxylic acids is 1. The SMILES string of the molecule is Cc1ccccc1S[C@@H]1CCCC[C@H]1SCC(=O)N(C)CCc1ccccn1. The van der Waals surface area contributed by atoms with Crippen LogP contribution >= 0.6 is 23.5 Å². The maximum atomic E-state index is 12.6. The predicted octanol–water partition coefficient (Wildman–Crippen LogP) is 5.23. The second-order valence-electron chi connectivity index (χ2n) is 7.44. The fourth-order valence-corrected chi connectivity index (χ4v) is 6.45. The number of hydrogen-bond acceptors (Lipinski definition) is 4. The van der Waals surface area contributed by atoms with Gasteiger partial charge in [0, 0.05) is 47.3 Å². The van der Waals surface area contributed by atoms with Gasteiger partial charge in [-0.15, -0.1) is 23.5 Å². The van der Waals surface area contributed by atoms with E-state index in [4.69, 9.17) is 0 Å². The van der Waals surface area contributed by atoms with Gasteiger partial charge in [0.2, 0.25) is 5.91 Å². The fourth-order valence-electron chi connectivity index (χ4n) is 3.48. The standard InChI is InChI=1S/C23H30N2OS2/c1-18-9-3-4-11-20(18)28-22-13-6-5-12-21(22)27-17-23(26)25(2)16-14-19-10-7-8-15-24-19/h3-4,7-11,15,21-22H,5-6,12-14,16-17H2,1-2H3/t21-,22-/m1/s1. The monoisotopic (exact) mass is 414 g/mol. The van der Waals surface area contributed by atoms with E-state index in [0.717, 1.165) is 18.7 Å². The van der Waals surface area contributed by atoms with Gasteiger partial charge in [0.25, 0.3) is 0 Å². The lowest BCUT2D eigenvalue weighted by Crippen LogP contribution is -2.32. The molecule has 0 aliphatic heterocycles. The number of thioether (sulfide) groups is 2. The van der Waals surface area contributed by atoms with Crippen molar-refractivity contribution in [3.05, 3.63) is 59.9 Å². The molecule has 2 aromatic rings. The molecule has 1 heterocycles. The highest BCUT2D eigenvalue weighted by Gasteiger charge is 2.27. The van der Waals surface area contributed by atoms with E-state index in [1.165, 1.54) is 36.1 Å². The molecule has 28 heavy (non-hydrogen) atoms. The van der Waals surface area contributed by atoms with Gasteiger partial charge in [0.05, 0.1) is 5.75 Å². The molecular formula is C23H30N2OS2. The van der Waals surface area contributed by atoms with Crippen molar-refractivity contribution >= 4 is 29.4 Å². The highest BCUT2D eigenvalue weighted by molar-refractivity contribution is 8.04. The molecule has 0 saturated heterocycles. The lowest BCUT2D eigenvalue weighted by Gasteiger charge is -2.31. The lowest BCUT2D eigenvalue weighted by molar-refractivity contribution is -0.127. The topological polar surface area (TPSA) is 33.2 Å². The van der Waals surface area contributed by atoms with Crippen molar-refractivity contribution in [1.29, 1.82) is 0 Å². The molecule has 0 N–H and O–H groups in total. The number of nitrogens with zero attached hydrogens (tertiary/aromatic N) is 2. The highest BCUT2D eigenvalue weighted by Crippen LogP contribution is 2.40. The molecule has 0 unspecified atom stereocenters. The highest BCUT2D eigenvalue weighted by atomic mass is 32.2. The second-order valence-corrected chi connectivity index (χ2v) is 9.95. The van der Waals surface area contributed by atoms with Gasteiger partial charge in [-0.3, -0.25) is 9.78 Å². The summed E-state index contributed by atoms with van der Waals surface area (Å²) in [5.74, 6) is 0.806. The number of hydrogen-bond donors (Lipinski definition) is 0. The minimum atomic E-state index is 0.228. The maximum Gasteiger partial charge on any atom is 0.232 e. The molecule has 3 rings (SSSR count). The van der Waals surface area contributed by atoms with Crippen molar-refractivity contribution in [3.8, 4) is 0 Å². The number of benzene rings is 1. The number of carbonyl (C=O) groups is 1. The zero-order valence-corrected chi connectivity index (χ0v) is 18.5. The van der Waals surface area contributed by atoms with Gasteiger partial charge in [-0.1, -0.05) is 37.1 Å². The van der Waals surface area contributed by atoms with Crippen LogP contribution in [0.4, 0.5) is 0 Å². The third-order valence-electron chi connectivity index (χ3n) is 5.29. The zero-order chi connectivity index (χ0) is 19.8. The van der Waals surface area contributed by atoms with Crippen LogP contribution in [0, 0.1) is 6.92 Å². The van der Waals surface area contributed by atoms with Crippen molar-refractivity contribution in [3.63, 3.8) is 0 Å². The molecule has 1 aromatic carbocycles. The number of amides is 1. The summed E-state index contributed by atoms with van der Waals surface area (Å²) in [4.78, 5) is 20.2. The number of aryl methyl sites for hydroxylation is 1. The molecule has 0 spiro atoms. The molecule has 5 heteroatoms. The summed E-state index contributed by atoms with van der Waals surface area (Å²) in [6.45, 7) is 2.91. The predicted molar refractivity (Wildman–Crippen MR) is 121 cm³/mol. The number of aromatic nitrogens is 1. The fraction of sp³-hybridized carbons (Fsp3) is 0.478. The van der Waals surface area contributed by atoms with Crippen molar-refractivity contribution in [2.75, 3.05) is 19.3 Å². The molecule has 1 aromatic heterocycles. The first kappa shape index (κ1) is 21.3. The Bertz CT molecular complexity index is 753. The molecular weight excluding hydrogens is 384 g/mol. The molecule has 2 atom stereocenters. The van der Waals surface area contributed by atoms with Crippen LogP contribution in [0.3, 0.4) is 0 Å². The average Bonchev–Trinajstić information content (AvgIpc) is 2.73. The van der Waals surface area contributed by atoms with E-state index in [2.05, 4.69) is 36.2 Å². The van der Waals surface area contributed by atoms with E-state index >= 15 is 0 Å². The minimum Gasteiger partial charge on any atom is -0.345 e. The first-order valence-electron chi connectivity index (χ1n) is 10.1. The second kappa shape index (κ2) is 10.9. The summed E-state index contributed by atoms with van der Waals surface area (Å²) < 4.78 is 0. The first-order valence-corrected chi connectivity index (χ1v) is 12.0. The molecule has 1 aliphatic rings. The van der Waals surface area contributed by atoms with E-state index in [1.807, 2.05) is 59.9 Å². The molecule has 1 amide bonds. The van der Waals surface area contributed by atoms with Crippen LogP contribution in [0.1, 0.15) is 36.9 Å². The Morgan fingerprint density at radius 1 is 1.11 bits per heavy atom. The largest absolute Gasteiger partial charge is 0.345 e. The van der Waals surface area contributed by atoms with Crippen LogP contribution in [-0.2, 0) is 11.2 Å². The quantitative estimate of drug-likeness (QED) is 0.592. The van der Waals surface area contributed by atoms with Crippen LogP contribution in [0.5, 0.6) is 0 Å². The van der Waals surface area contributed by atoms with Crippen molar-refractivity contribution in [1.82, 2.24) is 9.88 Å². The van der Waals surface area contributed by atoms with Gasteiger partial charge in [0.15, 0.2) is 0 Å². The van der Waals surface area contributed by atoms with Crippen molar-refractivity contribution < 1.29 is 4.79 Å². The number of likely N-dealkylation sites (N-methyl/N-ethyl adjacent to an activating group) is 1. The Balaban J connectivity index is 1.48. The van der Waals surface area contributed by atoms with Gasteiger partial charge in [-0.25, -0.2) is 0 Å². The number of pyridine rings is 1. The van der Waals surface area contributed by atoms with Crippen LogP contribution < -0.4 is 0 Å². The van der Waals surface area contributed by atoms with Crippen LogP contribution in [0.2, 0.25) is 0 Å². The van der Waals surface area contributed by atoms with Gasteiger partial charge in [-0.2, -0.15) is 0 Å². The Morgan fingerprint density at radius 3 is 2.61 bits per heavy atom. The van der Waals surface area contributed by atoms with Crippen LogP contribution in [0.25, 0.3) is 0 Å². The van der Waals surface area contributed by atoms with Crippen molar-refractivity contribution in [2.45, 2.75) is 54.4 Å². The van der Waals surface area contributed by atoms with Crippen molar-refractivity contribution in [2.24, 2.45) is 0 Å². The Morgan fingerprint density at radius 2 is 1.86 bits per heavy atom. The summed E-state index contributed by atoms with van der Waals surface area (Å²) in [7, 11) is 1.91. The first-order chi connectivity index (χ1) is 13.6. The summed E-state index contributed by atoms with van der Waals surface area (Å²) in [6.07, 6.45) is 7.68. The van der Waals surface area contributed by atoms with Gasteiger partial charge in [0.1, 0.15) is 0 Å². The number of rotatable bonds is 8. The van der Waals surface area contributed by atoms with E-state index in [9.17, 15) is 4.79 Å². The summed E-state index contributed by atoms with van der Waals surface area (Å²) >= 11 is 3.87. The van der Waals surface area contributed by atoms with E-state index in [1.54, 1.807) is 0 Å². The summed E-state index contributed by atoms with van der Waals surface area (Å²) in [6, 6.07) is 14.6. The molecule has 0 radical (unpaired) electrons. The van der Waals surface area contributed by atoms with E-state index in [-0.39, 0.29) is 5.91 Å². The Labute approximate surface area is 177 Å². The van der Waals surface area contributed by atoms with E-state index in [0.29, 0.717) is 16.3 Å². The zero-order valence-electron chi connectivity index (χ0n) is 16.8. The molecule has 3 nitrogen and oxygen atoms in total. The van der Waals surface area contributed by atoms with Crippen LogP contribution in [-0.4, -0.2) is 45.6 Å². The molecule has 0 bridgehead atoms. The maximum absolute atomic E-state index is 12.6.